The average molecular weight is 301 g/mol. The van der Waals surface area contributed by atoms with E-state index in [2.05, 4.69) is 25.7 Å². The molecule has 0 bridgehead atoms. The molecule has 21 heavy (non-hydrogen) atoms. The van der Waals surface area contributed by atoms with Gasteiger partial charge in [0.2, 0.25) is 5.79 Å². The van der Waals surface area contributed by atoms with Crippen LogP contribution in [0.15, 0.2) is 42.2 Å². The largest absolute Gasteiger partial charge is 0.462 e. The Bertz CT molecular complexity index is 585. The minimum absolute atomic E-state index is 0.620. The lowest BCUT2D eigenvalue weighted by atomic mass is 9.74. The van der Waals surface area contributed by atoms with Crippen molar-refractivity contribution >= 4 is 8.32 Å². The van der Waals surface area contributed by atoms with Crippen molar-refractivity contribution < 1.29 is 9.16 Å². The van der Waals surface area contributed by atoms with E-state index in [0.29, 0.717) is 6.42 Å². The molecule has 0 radical (unpaired) electrons. The van der Waals surface area contributed by atoms with Crippen molar-refractivity contribution in [1.82, 2.24) is 0 Å². The van der Waals surface area contributed by atoms with E-state index in [9.17, 15) is 5.26 Å². The van der Waals surface area contributed by atoms with E-state index in [1.54, 1.807) is 0 Å². The molecule has 0 saturated heterocycles. The van der Waals surface area contributed by atoms with Gasteiger partial charge in [-0.2, -0.15) is 5.26 Å². The van der Waals surface area contributed by atoms with Gasteiger partial charge in [0.05, 0.1) is 11.8 Å². The molecule has 0 N–H and O–H groups in total. The van der Waals surface area contributed by atoms with Gasteiger partial charge in [-0.1, -0.05) is 30.3 Å². The van der Waals surface area contributed by atoms with Crippen LogP contribution in [-0.4, -0.2) is 8.32 Å². The van der Waals surface area contributed by atoms with Crippen LogP contribution in [0.2, 0.25) is 19.6 Å². The summed E-state index contributed by atoms with van der Waals surface area (Å²) < 4.78 is 12.7. The van der Waals surface area contributed by atoms with E-state index in [4.69, 9.17) is 9.16 Å². The lowest BCUT2D eigenvalue weighted by Crippen LogP contribution is -2.53. The third kappa shape index (κ3) is 2.90. The Labute approximate surface area is 128 Å². The first kappa shape index (κ1) is 15.8. The monoisotopic (exact) mass is 301 g/mol. The van der Waals surface area contributed by atoms with Crippen LogP contribution >= 0.6 is 0 Å². The highest BCUT2D eigenvalue weighted by molar-refractivity contribution is 6.69. The molecule has 2 unspecified atom stereocenters. The molecule has 1 heterocycles. The van der Waals surface area contributed by atoms with Crippen molar-refractivity contribution in [3.05, 3.63) is 47.7 Å². The van der Waals surface area contributed by atoms with Gasteiger partial charge >= 0.3 is 0 Å². The van der Waals surface area contributed by atoms with Crippen molar-refractivity contribution in [3.63, 3.8) is 0 Å². The van der Waals surface area contributed by atoms with Crippen molar-refractivity contribution in [2.75, 3.05) is 0 Å². The molecule has 1 aromatic carbocycles. The summed E-state index contributed by atoms with van der Waals surface area (Å²) in [6, 6.07) is 12.3. The van der Waals surface area contributed by atoms with Crippen LogP contribution in [-0.2, 0) is 14.9 Å². The molecule has 112 valence electrons. The number of hydrogen-bond acceptors (Lipinski definition) is 3. The molecule has 1 aliphatic heterocycles. The van der Waals surface area contributed by atoms with Crippen molar-refractivity contribution in [2.45, 2.75) is 45.7 Å². The van der Waals surface area contributed by atoms with Gasteiger partial charge in [0, 0.05) is 5.56 Å². The number of nitriles is 1. The predicted octanol–water partition coefficient (Wildman–Crippen LogP) is 4.54. The van der Waals surface area contributed by atoms with Crippen LogP contribution in [0.1, 0.15) is 25.8 Å². The van der Waals surface area contributed by atoms with Crippen molar-refractivity contribution in [1.29, 1.82) is 5.26 Å². The third-order valence-corrected chi connectivity index (χ3v) is 4.58. The predicted molar refractivity (Wildman–Crippen MR) is 85.7 cm³/mol. The number of allylic oxidation sites excluding steroid dienone is 2. The number of nitrogens with zero attached hydrogens (tertiary/aromatic N) is 1. The normalized spacial score (nSPS) is 29.2. The summed E-state index contributed by atoms with van der Waals surface area (Å²) in [6.07, 6.45) is 2.59. The highest BCUT2D eigenvalue weighted by atomic mass is 28.4. The summed E-state index contributed by atoms with van der Waals surface area (Å²) in [4.78, 5) is 0. The Morgan fingerprint density at radius 3 is 2.38 bits per heavy atom. The maximum absolute atomic E-state index is 9.81. The Balaban J connectivity index is 2.65. The number of ether oxygens (including phenoxy) is 1. The van der Waals surface area contributed by atoms with Gasteiger partial charge in [-0.15, -0.1) is 0 Å². The Kier molecular flexibility index (Phi) is 4.01. The summed E-state index contributed by atoms with van der Waals surface area (Å²) in [6.45, 7) is 10.2. The molecule has 0 aromatic heterocycles. The lowest BCUT2D eigenvalue weighted by Gasteiger charge is -2.49. The third-order valence-electron chi connectivity index (χ3n) is 3.68. The fourth-order valence-corrected chi connectivity index (χ4v) is 3.89. The minimum atomic E-state index is -1.94. The van der Waals surface area contributed by atoms with Crippen LogP contribution in [0.25, 0.3) is 0 Å². The second-order valence-electron chi connectivity index (χ2n) is 6.76. The van der Waals surface area contributed by atoms with Gasteiger partial charge in [0.25, 0.3) is 0 Å². The quantitative estimate of drug-likeness (QED) is 0.769. The van der Waals surface area contributed by atoms with E-state index < -0.39 is 19.5 Å². The molecule has 1 aromatic rings. The van der Waals surface area contributed by atoms with Crippen LogP contribution in [0.4, 0.5) is 0 Å². The maximum Gasteiger partial charge on any atom is 0.246 e. The molecule has 3 nitrogen and oxygen atoms in total. The zero-order valence-electron chi connectivity index (χ0n) is 13.4. The highest BCUT2D eigenvalue weighted by Gasteiger charge is 2.56. The van der Waals surface area contributed by atoms with Gasteiger partial charge in [-0.05, 0) is 46.0 Å². The molecule has 2 atom stereocenters. The fourth-order valence-electron chi connectivity index (χ4n) is 2.64. The second kappa shape index (κ2) is 5.32. The molecule has 2 rings (SSSR count). The standard InChI is InChI=1S/C17H23NO2Si/c1-14-11-12-16(2,13-18)17(19-14,20-21(3,4)5)15-9-7-6-8-10-15/h6-11H,12H2,1-5H3. The molecule has 0 spiro atoms. The average Bonchev–Trinajstić information content (AvgIpc) is 2.42. The first-order chi connectivity index (χ1) is 9.72. The number of hydrogen-bond donors (Lipinski definition) is 0. The fraction of sp³-hybridized carbons (Fsp3) is 0.471. The van der Waals surface area contributed by atoms with E-state index in [0.717, 1.165) is 11.3 Å². The summed E-state index contributed by atoms with van der Waals surface area (Å²) in [5, 5.41) is 9.81. The molecule has 1 aliphatic rings. The summed E-state index contributed by atoms with van der Waals surface area (Å²) in [5.41, 5.74) is 0.151. The molecule has 0 fully saturated rings. The molecule has 0 aliphatic carbocycles. The Morgan fingerprint density at radius 1 is 1.24 bits per heavy atom. The van der Waals surface area contributed by atoms with Crippen LogP contribution in [0.3, 0.4) is 0 Å². The summed E-state index contributed by atoms with van der Waals surface area (Å²) in [7, 11) is -1.94. The topological polar surface area (TPSA) is 42.2 Å². The minimum Gasteiger partial charge on any atom is -0.462 e. The Morgan fingerprint density at radius 2 is 1.86 bits per heavy atom. The molecule has 4 heteroatoms. The smallest absolute Gasteiger partial charge is 0.246 e. The maximum atomic E-state index is 9.81. The van der Waals surface area contributed by atoms with Crippen LogP contribution < -0.4 is 0 Å². The summed E-state index contributed by atoms with van der Waals surface area (Å²) in [5.74, 6) is -0.225. The molecular weight excluding hydrogens is 278 g/mol. The van der Waals surface area contributed by atoms with Gasteiger partial charge in [-0.3, -0.25) is 0 Å². The second-order valence-corrected chi connectivity index (χ2v) is 11.2. The zero-order chi connectivity index (χ0) is 15.7. The summed E-state index contributed by atoms with van der Waals surface area (Å²) >= 11 is 0. The van der Waals surface area contributed by atoms with E-state index in [1.165, 1.54) is 0 Å². The first-order valence-electron chi connectivity index (χ1n) is 7.25. The van der Waals surface area contributed by atoms with Gasteiger partial charge in [-0.25, -0.2) is 0 Å². The van der Waals surface area contributed by atoms with Gasteiger partial charge in [0.1, 0.15) is 5.41 Å². The highest BCUT2D eigenvalue weighted by Crippen LogP contribution is 2.51. The number of benzene rings is 1. The zero-order valence-corrected chi connectivity index (χ0v) is 14.4. The Hall–Kier alpha value is -1.57. The van der Waals surface area contributed by atoms with Crippen LogP contribution in [0.5, 0.6) is 0 Å². The molecular formula is C17H23NO2Si. The van der Waals surface area contributed by atoms with Gasteiger partial charge in [0.15, 0.2) is 8.32 Å². The van der Waals surface area contributed by atoms with E-state index >= 15 is 0 Å². The van der Waals surface area contributed by atoms with E-state index in [1.807, 2.05) is 50.3 Å². The van der Waals surface area contributed by atoms with Crippen molar-refractivity contribution in [2.24, 2.45) is 5.41 Å². The van der Waals surface area contributed by atoms with Gasteiger partial charge < -0.3 is 9.16 Å². The lowest BCUT2D eigenvalue weighted by molar-refractivity contribution is -0.236. The van der Waals surface area contributed by atoms with E-state index in [-0.39, 0.29) is 0 Å². The number of rotatable bonds is 3. The molecule has 0 saturated carbocycles. The van der Waals surface area contributed by atoms with Crippen molar-refractivity contribution in [3.8, 4) is 6.07 Å². The SMILES string of the molecule is CC1=CCC(C)(C#N)C(O[Si](C)(C)C)(c2ccccc2)O1. The van der Waals surface area contributed by atoms with Crippen LogP contribution in [0, 0.1) is 16.7 Å². The molecule has 0 amide bonds. The first-order valence-corrected chi connectivity index (χ1v) is 10.7.